The van der Waals surface area contributed by atoms with Crippen molar-refractivity contribution in [2.45, 2.75) is 143 Å². The summed E-state index contributed by atoms with van der Waals surface area (Å²) in [5, 5.41) is 44.7. The van der Waals surface area contributed by atoms with Crippen molar-refractivity contribution in [2.75, 3.05) is 0 Å². The van der Waals surface area contributed by atoms with Crippen LogP contribution < -0.4 is 0 Å². The van der Waals surface area contributed by atoms with Crippen molar-refractivity contribution < 1.29 is 20.4 Å². The summed E-state index contributed by atoms with van der Waals surface area (Å²) in [4.78, 5) is 0. The lowest BCUT2D eigenvalue weighted by Gasteiger charge is -2.68. The lowest BCUT2D eigenvalue weighted by Crippen LogP contribution is -2.66. The van der Waals surface area contributed by atoms with Gasteiger partial charge in [0.25, 0.3) is 0 Å². The smallest absolute Gasteiger partial charge is 0.0654 e. The van der Waals surface area contributed by atoms with Crippen LogP contribution in [0.5, 0.6) is 0 Å². The first-order valence-electron chi connectivity index (χ1n) is 14.2. The van der Waals surface area contributed by atoms with Gasteiger partial charge in [-0.05, 0) is 125 Å². The van der Waals surface area contributed by atoms with E-state index >= 15 is 0 Å². The SMILES string of the molecule is CC(C)(O)CCCC(C)(O)C1CC[C@@]2(C)C3CCC4C(C)(C)C(O)CCC4(C)C3CC(O)C12C. The molecular weight excluding hydrogens is 424 g/mol. The lowest BCUT2D eigenvalue weighted by molar-refractivity contribution is -0.240. The fraction of sp³-hybridized carbons (Fsp3) is 1.00. The summed E-state index contributed by atoms with van der Waals surface area (Å²) in [6.07, 6.45) is 8.61. The Morgan fingerprint density at radius 1 is 0.765 bits per heavy atom. The highest BCUT2D eigenvalue weighted by molar-refractivity contribution is 5.20. The van der Waals surface area contributed by atoms with Crippen LogP contribution in [-0.4, -0.2) is 43.8 Å². The number of aliphatic hydroxyl groups is 4. The highest BCUT2D eigenvalue weighted by atomic mass is 16.3. The van der Waals surface area contributed by atoms with Crippen molar-refractivity contribution in [3.8, 4) is 0 Å². The van der Waals surface area contributed by atoms with Crippen LogP contribution in [0.1, 0.15) is 120 Å². The van der Waals surface area contributed by atoms with Gasteiger partial charge in [0.05, 0.1) is 23.4 Å². The summed E-state index contributed by atoms with van der Waals surface area (Å²) < 4.78 is 0. The maximum Gasteiger partial charge on any atom is 0.0654 e. The van der Waals surface area contributed by atoms with E-state index in [-0.39, 0.29) is 33.7 Å². The van der Waals surface area contributed by atoms with E-state index in [1.807, 2.05) is 20.8 Å². The van der Waals surface area contributed by atoms with E-state index < -0.39 is 17.3 Å². The molecule has 0 bridgehead atoms. The van der Waals surface area contributed by atoms with Gasteiger partial charge < -0.3 is 20.4 Å². The number of hydrogen-bond donors (Lipinski definition) is 4. The Bertz CT molecular complexity index is 768. The Balaban J connectivity index is 1.62. The van der Waals surface area contributed by atoms with Crippen LogP contribution in [0.2, 0.25) is 0 Å². The second-order valence-electron chi connectivity index (χ2n) is 15.3. The van der Waals surface area contributed by atoms with Crippen LogP contribution in [0, 0.1) is 45.3 Å². The standard InChI is InChI=1S/C30H54O4/c1-25(2,33)14-9-15-29(7,34)22-12-17-28(6)19-10-11-21-26(3,4)23(31)13-16-27(21,5)20(19)18-24(32)30(22,28)8/h19-24,31-34H,9-18H2,1-8H3/t19?,20?,21?,22?,23?,24?,27?,28-,29?,30?/m0/s1. The lowest BCUT2D eigenvalue weighted by atomic mass is 9.37. The Labute approximate surface area is 208 Å². The molecule has 0 amide bonds. The molecule has 9 unspecified atom stereocenters. The summed E-state index contributed by atoms with van der Waals surface area (Å²) >= 11 is 0. The van der Waals surface area contributed by atoms with Gasteiger partial charge in [-0.1, -0.05) is 34.6 Å². The third-order valence-electron chi connectivity index (χ3n) is 12.7. The van der Waals surface area contributed by atoms with Gasteiger partial charge in [0.15, 0.2) is 0 Å². The molecule has 34 heavy (non-hydrogen) atoms. The Morgan fingerprint density at radius 3 is 2.03 bits per heavy atom. The summed E-state index contributed by atoms with van der Waals surface area (Å²) in [7, 11) is 0. The minimum atomic E-state index is -0.844. The van der Waals surface area contributed by atoms with Crippen LogP contribution in [0.25, 0.3) is 0 Å². The minimum absolute atomic E-state index is 0.00836. The van der Waals surface area contributed by atoms with Crippen molar-refractivity contribution in [2.24, 2.45) is 45.3 Å². The van der Waals surface area contributed by atoms with Gasteiger partial charge in [0.1, 0.15) is 0 Å². The number of rotatable bonds is 5. The molecule has 0 spiro atoms. The molecule has 4 aliphatic carbocycles. The molecule has 10 atom stereocenters. The molecule has 4 saturated carbocycles. The number of aliphatic hydroxyl groups excluding tert-OH is 2. The van der Waals surface area contributed by atoms with E-state index in [0.717, 1.165) is 44.9 Å². The van der Waals surface area contributed by atoms with Gasteiger partial charge in [-0.3, -0.25) is 0 Å². The fourth-order valence-electron chi connectivity index (χ4n) is 10.5. The maximum absolute atomic E-state index is 11.9. The van der Waals surface area contributed by atoms with Gasteiger partial charge >= 0.3 is 0 Å². The second kappa shape index (κ2) is 8.17. The van der Waals surface area contributed by atoms with E-state index in [2.05, 4.69) is 34.6 Å². The summed E-state index contributed by atoms with van der Waals surface area (Å²) in [6.45, 7) is 17.4. The summed E-state index contributed by atoms with van der Waals surface area (Å²) in [5.74, 6) is 1.60. The Hall–Kier alpha value is -0.160. The highest BCUT2D eigenvalue weighted by Crippen LogP contribution is 2.75. The molecule has 4 N–H and O–H groups in total. The van der Waals surface area contributed by atoms with Gasteiger partial charge in [0.2, 0.25) is 0 Å². The zero-order valence-corrected chi connectivity index (χ0v) is 23.3. The zero-order chi connectivity index (χ0) is 25.5. The predicted molar refractivity (Wildman–Crippen MR) is 137 cm³/mol. The molecular formula is C30H54O4. The van der Waals surface area contributed by atoms with E-state index in [0.29, 0.717) is 30.6 Å². The van der Waals surface area contributed by atoms with Gasteiger partial charge in [-0.2, -0.15) is 0 Å². The molecule has 4 rings (SSSR count). The van der Waals surface area contributed by atoms with Gasteiger partial charge in [-0.15, -0.1) is 0 Å². The molecule has 0 aromatic carbocycles. The minimum Gasteiger partial charge on any atom is -0.393 e. The quantitative estimate of drug-likeness (QED) is 0.409. The molecule has 0 heterocycles. The van der Waals surface area contributed by atoms with Crippen molar-refractivity contribution in [3.05, 3.63) is 0 Å². The summed E-state index contributed by atoms with van der Waals surface area (Å²) in [5.41, 5.74) is -1.77. The van der Waals surface area contributed by atoms with Crippen molar-refractivity contribution in [1.82, 2.24) is 0 Å². The largest absolute Gasteiger partial charge is 0.393 e. The van der Waals surface area contributed by atoms with Crippen molar-refractivity contribution >= 4 is 0 Å². The van der Waals surface area contributed by atoms with E-state index in [1.165, 1.54) is 6.42 Å². The average molecular weight is 479 g/mol. The first kappa shape index (κ1) is 26.9. The molecule has 4 fully saturated rings. The van der Waals surface area contributed by atoms with E-state index in [9.17, 15) is 20.4 Å². The van der Waals surface area contributed by atoms with Crippen LogP contribution in [0.3, 0.4) is 0 Å². The van der Waals surface area contributed by atoms with Gasteiger partial charge in [-0.25, -0.2) is 0 Å². The molecule has 4 heteroatoms. The topological polar surface area (TPSA) is 80.9 Å². The molecule has 0 aromatic heterocycles. The third kappa shape index (κ3) is 3.75. The molecule has 0 aliphatic heterocycles. The fourth-order valence-corrected chi connectivity index (χ4v) is 10.5. The van der Waals surface area contributed by atoms with Crippen molar-refractivity contribution in [1.29, 1.82) is 0 Å². The first-order valence-corrected chi connectivity index (χ1v) is 14.2. The van der Waals surface area contributed by atoms with Crippen molar-refractivity contribution in [3.63, 3.8) is 0 Å². The molecule has 198 valence electrons. The number of fused-ring (bicyclic) bond motifs is 5. The monoisotopic (exact) mass is 478 g/mol. The second-order valence-corrected chi connectivity index (χ2v) is 15.3. The molecule has 0 saturated heterocycles. The molecule has 0 radical (unpaired) electrons. The van der Waals surface area contributed by atoms with Gasteiger partial charge in [0, 0.05) is 5.41 Å². The maximum atomic E-state index is 11.9. The van der Waals surface area contributed by atoms with E-state index in [4.69, 9.17) is 0 Å². The Morgan fingerprint density at radius 2 is 1.41 bits per heavy atom. The van der Waals surface area contributed by atoms with Crippen LogP contribution >= 0.6 is 0 Å². The third-order valence-corrected chi connectivity index (χ3v) is 12.7. The Kier molecular flexibility index (Phi) is 6.46. The summed E-state index contributed by atoms with van der Waals surface area (Å²) in [6, 6.07) is 0. The highest BCUT2D eigenvalue weighted by Gasteiger charge is 2.71. The van der Waals surface area contributed by atoms with Crippen LogP contribution in [-0.2, 0) is 0 Å². The molecule has 4 nitrogen and oxygen atoms in total. The zero-order valence-electron chi connectivity index (χ0n) is 23.3. The first-order chi connectivity index (χ1) is 15.4. The molecule has 0 aromatic rings. The number of hydrogen-bond acceptors (Lipinski definition) is 4. The van der Waals surface area contributed by atoms with Crippen LogP contribution in [0.4, 0.5) is 0 Å². The average Bonchev–Trinajstić information content (AvgIpc) is 2.99. The van der Waals surface area contributed by atoms with E-state index in [1.54, 1.807) is 0 Å². The molecule has 4 aliphatic rings. The van der Waals surface area contributed by atoms with Crippen LogP contribution in [0.15, 0.2) is 0 Å². The normalized spacial score (nSPS) is 50.1. The predicted octanol–water partition coefficient (Wildman–Crippen LogP) is 5.70.